The molecular formula is C15H19N3O3S. The molecule has 0 aliphatic heterocycles. The third kappa shape index (κ3) is 3.30. The fourth-order valence-corrected chi connectivity index (χ4v) is 3.70. The number of fused-ring (bicyclic) bond motifs is 1. The van der Waals surface area contributed by atoms with Gasteiger partial charge in [-0.15, -0.1) is 11.3 Å². The molecule has 0 bridgehead atoms. The van der Waals surface area contributed by atoms with Crippen LogP contribution in [-0.2, 0) is 12.8 Å². The SMILES string of the molecule is Cc1nonc1OCCNC(=O)c1cc2c(s1)CC[C@@H](C)C2. The predicted octanol–water partition coefficient (Wildman–Crippen LogP) is 2.37. The van der Waals surface area contributed by atoms with Crippen molar-refractivity contribution in [3.63, 3.8) is 0 Å². The second-order valence-electron chi connectivity index (χ2n) is 5.67. The lowest BCUT2D eigenvalue weighted by atomic mass is 9.90. The van der Waals surface area contributed by atoms with Gasteiger partial charge >= 0.3 is 0 Å². The molecule has 7 heteroatoms. The molecule has 0 saturated heterocycles. The van der Waals surface area contributed by atoms with E-state index in [-0.39, 0.29) is 5.91 Å². The fourth-order valence-electron chi connectivity index (χ4n) is 2.57. The Kier molecular flexibility index (Phi) is 4.42. The molecule has 1 amide bonds. The molecule has 0 saturated carbocycles. The Balaban J connectivity index is 1.49. The highest BCUT2D eigenvalue weighted by Crippen LogP contribution is 2.32. The second-order valence-corrected chi connectivity index (χ2v) is 6.80. The van der Waals surface area contributed by atoms with Crippen LogP contribution < -0.4 is 10.1 Å². The lowest BCUT2D eigenvalue weighted by Gasteiger charge is -2.16. The molecule has 1 aliphatic carbocycles. The first-order valence-corrected chi connectivity index (χ1v) is 8.27. The van der Waals surface area contributed by atoms with Crippen LogP contribution in [0.15, 0.2) is 10.7 Å². The average molecular weight is 321 g/mol. The van der Waals surface area contributed by atoms with Gasteiger partial charge in [-0.25, -0.2) is 4.63 Å². The number of hydrogen-bond donors (Lipinski definition) is 1. The highest BCUT2D eigenvalue weighted by molar-refractivity contribution is 7.14. The molecule has 0 spiro atoms. The maximum absolute atomic E-state index is 12.2. The van der Waals surface area contributed by atoms with Crippen molar-refractivity contribution in [2.45, 2.75) is 33.1 Å². The second kappa shape index (κ2) is 6.48. The van der Waals surface area contributed by atoms with Crippen LogP contribution in [0.3, 0.4) is 0 Å². The summed E-state index contributed by atoms with van der Waals surface area (Å²) in [5, 5.41) is 10.1. The van der Waals surface area contributed by atoms with E-state index >= 15 is 0 Å². The Morgan fingerprint density at radius 2 is 2.41 bits per heavy atom. The molecule has 1 atom stereocenters. The van der Waals surface area contributed by atoms with Crippen molar-refractivity contribution >= 4 is 17.2 Å². The summed E-state index contributed by atoms with van der Waals surface area (Å²) in [5.74, 6) is 1.05. The minimum absolute atomic E-state index is 0.0364. The van der Waals surface area contributed by atoms with Crippen molar-refractivity contribution in [3.05, 3.63) is 27.1 Å². The van der Waals surface area contributed by atoms with Crippen LogP contribution in [0.5, 0.6) is 5.88 Å². The van der Waals surface area contributed by atoms with Crippen LogP contribution in [0.25, 0.3) is 0 Å². The number of hydrogen-bond acceptors (Lipinski definition) is 6. The van der Waals surface area contributed by atoms with E-state index in [2.05, 4.69) is 27.2 Å². The lowest BCUT2D eigenvalue weighted by Crippen LogP contribution is -2.27. The standard InChI is InChI=1S/C15H19N3O3S/c1-9-3-4-12-11(7-9)8-13(22-12)14(19)16-5-6-20-15-10(2)17-21-18-15/h8-9H,3-7H2,1-2H3,(H,16,19)/t9-/m1/s1. The van der Waals surface area contributed by atoms with Crippen molar-refractivity contribution in [1.29, 1.82) is 0 Å². The topological polar surface area (TPSA) is 77.2 Å². The van der Waals surface area contributed by atoms with Gasteiger partial charge in [-0.1, -0.05) is 12.1 Å². The summed E-state index contributed by atoms with van der Waals surface area (Å²) >= 11 is 1.61. The molecule has 0 aromatic carbocycles. The molecular weight excluding hydrogens is 302 g/mol. The molecule has 0 fully saturated rings. The van der Waals surface area contributed by atoms with Gasteiger partial charge < -0.3 is 10.1 Å². The summed E-state index contributed by atoms with van der Waals surface area (Å²) in [5.41, 5.74) is 1.95. The van der Waals surface area contributed by atoms with E-state index < -0.39 is 0 Å². The monoisotopic (exact) mass is 321 g/mol. The van der Waals surface area contributed by atoms with Crippen molar-refractivity contribution in [2.75, 3.05) is 13.2 Å². The molecule has 22 heavy (non-hydrogen) atoms. The molecule has 2 aromatic heterocycles. The summed E-state index contributed by atoms with van der Waals surface area (Å²) in [6.45, 7) is 4.77. The quantitative estimate of drug-likeness (QED) is 0.856. The fraction of sp³-hybridized carbons (Fsp3) is 0.533. The summed E-state index contributed by atoms with van der Waals surface area (Å²) < 4.78 is 9.92. The number of rotatable bonds is 5. The highest BCUT2D eigenvalue weighted by Gasteiger charge is 2.20. The zero-order chi connectivity index (χ0) is 15.5. The zero-order valence-electron chi connectivity index (χ0n) is 12.7. The summed E-state index contributed by atoms with van der Waals surface area (Å²) in [4.78, 5) is 14.3. The van der Waals surface area contributed by atoms with Gasteiger partial charge in [0.05, 0.1) is 11.4 Å². The summed E-state index contributed by atoms with van der Waals surface area (Å²) in [6, 6.07) is 2.04. The Hall–Kier alpha value is -1.89. The number of ether oxygens (including phenoxy) is 1. The van der Waals surface area contributed by atoms with E-state index in [1.807, 2.05) is 6.07 Å². The smallest absolute Gasteiger partial charge is 0.278 e. The lowest BCUT2D eigenvalue weighted by molar-refractivity contribution is 0.0950. The van der Waals surface area contributed by atoms with Gasteiger partial charge in [-0.05, 0) is 48.9 Å². The number of aromatic nitrogens is 2. The normalized spacial score (nSPS) is 17.1. The third-order valence-corrected chi connectivity index (χ3v) is 5.03. The van der Waals surface area contributed by atoms with Crippen molar-refractivity contribution < 1.29 is 14.2 Å². The first-order chi connectivity index (χ1) is 10.6. The van der Waals surface area contributed by atoms with Crippen LogP contribution in [0.1, 0.15) is 39.2 Å². The minimum Gasteiger partial charge on any atom is -0.472 e. The first-order valence-electron chi connectivity index (χ1n) is 7.45. The number of thiophene rings is 1. The van der Waals surface area contributed by atoms with Crippen molar-refractivity contribution in [2.24, 2.45) is 5.92 Å². The van der Waals surface area contributed by atoms with Gasteiger partial charge in [0, 0.05) is 4.88 Å². The average Bonchev–Trinajstić information content (AvgIpc) is 3.09. The molecule has 1 aliphatic rings. The van der Waals surface area contributed by atoms with Crippen molar-refractivity contribution in [1.82, 2.24) is 15.6 Å². The number of aryl methyl sites for hydroxylation is 2. The van der Waals surface area contributed by atoms with Gasteiger partial charge in [-0.3, -0.25) is 4.79 Å². The molecule has 118 valence electrons. The Morgan fingerprint density at radius 3 is 3.18 bits per heavy atom. The largest absolute Gasteiger partial charge is 0.472 e. The third-order valence-electron chi connectivity index (χ3n) is 3.79. The molecule has 1 N–H and O–H groups in total. The molecule has 0 unspecified atom stereocenters. The molecule has 3 rings (SSSR count). The molecule has 2 heterocycles. The van der Waals surface area contributed by atoms with E-state index in [1.165, 1.54) is 16.9 Å². The summed E-state index contributed by atoms with van der Waals surface area (Å²) in [6.07, 6.45) is 3.39. The van der Waals surface area contributed by atoms with Crippen LogP contribution in [0.4, 0.5) is 0 Å². The van der Waals surface area contributed by atoms with Crippen LogP contribution >= 0.6 is 11.3 Å². The van der Waals surface area contributed by atoms with Crippen LogP contribution in [-0.4, -0.2) is 29.4 Å². The highest BCUT2D eigenvalue weighted by atomic mass is 32.1. The number of amides is 1. The number of carbonyl (C=O) groups is 1. The van der Waals surface area contributed by atoms with Gasteiger partial charge in [0.2, 0.25) is 0 Å². The molecule has 0 radical (unpaired) electrons. The number of nitrogens with zero attached hydrogens (tertiary/aromatic N) is 2. The van der Waals surface area contributed by atoms with Crippen LogP contribution in [0.2, 0.25) is 0 Å². The molecule has 2 aromatic rings. The number of nitrogens with one attached hydrogen (secondary N) is 1. The van der Waals surface area contributed by atoms with Gasteiger partial charge in [0.25, 0.3) is 11.8 Å². The van der Waals surface area contributed by atoms with E-state index in [1.54, 1.807) is 18.3 Å². The van der Waals surface area contributed by atoms with Gasteiger partial charge in [0.15, 0.2) is 0 Å². The maximum atomic E-state index is 12.2. The summed E-state index contributed by atoms with van der Waals surface area (Å²) in [7, 11) is 0. The number of carbonyl (C=O) groups excluding carboxylic acids is 1. The van der Waals surface area contributed by atoms with Gasteiger partial charge in [-0.2, -0.15) is 0 Å². The van der Waals surface area contributed by atoms with E-state index in [0.29, 0.717) is 30.6 Å². The first kappa shape index (κ1) is 15.0. The molecule has 6 nitrogen and oxygen atoms in total. The van der Waals surface area contributed by atoms with E-state index in [9.17, 15) is 4.79 Å². The van der Waals surface area contributed by atoms with E-state index in [0.717, 1.165) is 17.7 Å². The predicted molar refractivity (Wildman–Crippen MR) is 82.4 cm³/mol. The van der Waals surface area contributed by atoms with Crippen molar-refractivity contribution in [3.8, 4) is 5.88 Å². The van der Waals surface area contributed by atoms with Gasteiger partial charge in [0.1, 0.15) is 12.3 Å². The maximum Gasteiger partial charge on any atom is 0.278 e. The minimum atomic E-state index is -0.0364. The Labute approximate surface area is 132 Å². The van der Waals surface area contributed by atoms with E-state index in [4.69, 9.17) is 4.74 Å². The Bertz CT molecular complexity index is 665. The zero-order valence-corrected chi connectivity index (χ0v) is 13.5. The van der Waals surface area contributed by atoms with Crippen LogP contribution in [0, 0.1) is 12.8 Å². The Morgan fingerprint density at radius 1 is 1.55 bits per heavy atom.